The molecule has 0 saturated heterocycles. The molecule has 1 aromatic carbocycles. The summed E-state index contributed by atoms with van der Waals surface area (Å²) in [7, 11) is 1.67. The Morgan fingerprint density at radius 2 is 2.11 bits per heavy atom. The molecular weight excluding hydrogens is 260 g/mol. The average Bonchev–Trinajstić information content (AvgIpc) is 2.82. The Labute approximate surface area is 119 Å². The Kier molecular flexibility index (Phi) is 4.35. The molecule has 2 atom stereocenters. The van der Waals surface area contributed by atoms with Gasteiger partial charge < -0.3 is 9.30 Å². The molecule has 0 N–H and O–H groups in total. The van der Waals surface area contributed by atoms with E-state index in [4.69, 9.17) is 16.3 Å². The third-order valence-electron chi connectivity index (χ3n) is 3.96. The first kappa shape index (κ1) is 14.2. The highest BCUT2D eigenvalue weighted by Crippen LogP contribution is 2.30. The zero-order valence-corrected chi connectivity index (χ0v) is 12.7. The van der Waals surface area contributed by atoms with Crippen LogP contribution in [0.3, 0.4) is 0 Å². The summed E-state index contributed by atoms with van der Waals surface area (Å²) < 4.78 is 7.51. The van der Waals surface area contributed by atoms with Crippen LogP contribution in [0.25, 0.3) is 11.0 Å². The molecule has 0 aliphatic heterocycles. The molecule has 0 saturated carbocycles. The molecule has 0 radical (unpaired) electrons. The van der Waals surface area contributed by atoms with Crippen molar-refractivity contribution in [3.63, 3.8) is 0 Å². The van der Waals surface area contributed by atoms with E-state index in [-0.39, 0.29) is 0 Å². The minimum atomic E-state index is 0.386. The van der Waals surface area contributed by atoms with E-state index in [1.807, 2.05) is 12.1 Å². The Balaban J connectivity index is 2.57. The number of benzene rings is 1. The predicted octanol–water partition coefficient (Wildman–Crippen LogP) is 4.39. The highest BCUT2D eigenvalue weighted by atomic mass is 35.5. The molecule has 1 aromatic heterocycles. The third kappa shape index (κ3) is 2.57. The lowest BCUT2D eigenvalue weighted by Crippen LogP contribution is -2.15. The number of hydrogen-bond donors (Lipinski definition) is 0. The summed E-state index contributed by atoms with van der Waals surface area (Å²) >= 11 is 6.05. The number of alkyl halides is 1. The van der Waals surface area contributed by atoms with Crippen molar-refractivity contribution < 1.29 is 4.74 Å². The zero-order chi connectivity index (χ0) is 14.0. The molecule has 4 heteroatoms. The van der Waals surface area contributed by atoms with Crippen molar-refractivity contribution in [2.45, 2.75) is 39.1 Å². The SMILES string of the molecule is CCC(C)C(C)n1c(CCl)nc2cc(OC)ccc21. The van der Waals surface area contributed by atoms with Gasteiger partial charge in [0.15, 0.2) is 0 Å². The van der Waals surface area contributed by atoms with Crippen molar-refractivity contribution in [1.82, 2.24) is 9.55 Å². The van der Waals surface area contributed by atoms with Crippen molar-refractivity contribution in [1.29, 1.82) is 0 Å². The lowest BCUT2D eigenvalue weighted by Gasteiger charge is -2.22. The van der Waals surface area contributed by atoms with Gasteiger partial charge in [0, 0.05) is 12.1 Å². The maximum Gasteiger partial charge on any atom is 0.125 e. The van der Waals surface area contributed by atoms with Crippen LogP contribution in [0.2, 0.25) is 0 Å². The minimum Gasteiger partial charge on any atom is -0.497 e. The summed E-state index contributed by atoms with van der Waals surface area (Å²) in [5.74, 6) is 2.77. The smallest absolute Gasteiger partial charge is 0.125 e. The maximum absolute atomic E-state index is 6.05. The fraction of sp³-hybridized carbons (Fsp3) is 0.533. The van der Waals surface area contributed by atoms with E-state index in [0.29, 0.717) is 17.8 Å². The zero-order valence-electron chi connectivity index (χ0n) is 12.0. The molecule has 2 rings (SSSR count). The van der Waals surface area contributed by atoms with Crippen LogP contribution in [0.5, 0.6) is 5.75 Å². The largest absolute Gasteiger partial charge is 0.497 e. The van der Waals surface area contributed by atoms with Crippen molar-refractivity contribution in [2.24, 2.45) is 5.92 Å². The van der Waals surface area contributed by atoms with E-state index in [2.05, 4.69) is 36.4 Å². The van der Waals surface area contributed by atoms with Crippen molar-refractivity contribution in [2.75, 3.05) is 7.11 Å². The monoisotopic (exact) mass is 280 g/mol. The summed E-state index contributed by atoms with van der Waals surface area (Å²) in [6.45, 7) is 6.71. The van der Waals surface area contributed by atoms with Gasteiger partial charge in [0.25, 0.3) is 0 Å². The molecule has 0 fully saturated rings. The Morgan fingerprint density at radius 3 is 2.68 bits per heavy atom. The van der Waals surface area contributed by atoms with Crippen molar-refractivity contribution >= 4 is 22.6 Å². The molecule has 2 unspecified atom stereocenters. The lowest BCUT2D eigenvalue weighted by molar-refractivity contribution is 0.371. The topological polar surface area (TPSA) is 27.1 Å². The van der Waals surface area contributed by atoms with E-state index in [0.717, 1.165) is 29.0 Å². The second kappa shape index (κ2) is 5.83. The van der Waals surface area contributed by atoms with Crippen LogP contribution in [0.4, 0.5) is 0 Å². The molecule has 0 aliphatic rings. The second-order valence-electron chi connectivity index (χ2n) is 5.01. The molecule has 3 nitrogen and oxygen atoms in total. The van der Waals surface area contributed by atoms with Gasteiger partial charge in [0.2, 0.25) is 0 Å². The van der Waals surface area contributed by atoms with Gasteiger partial charge in [-0.2, -0.15) is 0 Å². The summed E-state index contributed by atoms with van der Waals surface area (Å²) in [5, 5.41) is 0. The Bertz CT molecular complexity index is 565. The maximum atomic E-state index is 6.05. The fourth-order valence-electron chi connectivity index (χ4n) is 2.40. The fourth-order valence-corrected chi connectivity index (χ4v) is 2.59. The van der Waals surface area contributed by atoms with Gasteiger partial charge >= 0.3 is 0 Å². The molecule has 2 aromatic rings. The third-order valence-corrected chi connectivity index (χ3v) is 4.20. The number of halogens is 1. The first-order valence-electron chi connectivity index (χ1n) is 6.73. The van der Waals surface area contributed by atoms with E-state index in [1.54, 1.807) is 7.11 Å². The normalized spacial score (nSPS) is 14.6. The van der Waals surface area contributed by atoms with Gasteiger partial charge in [-0.1, -0.05) is 20.3 Å². The molecule has 0 bridgehead atoms. The minimum absolute atomic E-state index is 0.386. The Hall–Kier alpha value is -1.22. The molecule has 104 valence electrons. The van der Waals surface area contributed by atoms with Crippen LogP contribution in [0, 0.1) is 5.92 Å². The number of fused-ring (bicyclic) bond motifs is 1. The highest BCUT2D eigenvalue weighted by molar-refractivity contribution is 6.16. The summed E-state index contributed by atoms with van der Waals surface area (Å²) in [4.78, 5) is 4.63. The molecular formula is C15H21ClN2O. The predicted molar refractivity (Wildman–Crippen MR) is 80.0 cm³/mol. The van der Waals surface area contributed by atoms with Crippen LogP contribution in [-0.4, -0.2) is 16.7 Å². The van der Waals surface area contributed by atoms with E-state index < -0.39 is 0 Å². The van der Waals surface area contributed by atoms with Gasteiger partial charge in [-0.25, -0.2) is 4.98 Å². The Morgan fingerprint density at radius 1 is 1.37 bits per heavy atom. The van der Waals surface area contributed by atoms with E-state index in [1.165, 1.54) is 0 Å². The second-order valence-corrected chi connectivity index (χ2v) is 5.28. The lowest BCUT2D eigenvalue weighted by atomic mass is 10.0. The van der Waals surface area contributed by atoms with Crippen molar-refractivity contribution in [3.8, 4) is 5.75 Å². The molecule has 0 spiro atoms. The average molecular weight is 281 g/mol. The van der Waals surface area contributed by atoms with Gasteiger partial charge in [-0.15, -0.1) is 11.6 Å². The van der Waals surface area contributed by atoms with Crippen LogP contribution in [-0.2, 0) is 5.88 Å². The number of aromatic nitrogens is 2. The number of rotatable bonds is 5. The summed E-state index contributed by atoms with van der Waals surface area (Å²) in [6, 6.07) is 6.39. The van der Waals surface area contributed by atoms with Crippen LogP contribution < -0.4 is 4.74 Å². The molecule has 1 heterocycles. The van der Waals surface area contributed by atoms with Gasteiger partial charge in [-0.3, -0.25) is 0 Å². The first-order chi connectivity index (χ1) is 9.12. The van der Waals surface area contributed by atoms with E-state index in [9.17, 15) is 0 Å². The van der Waals surface area contributed by atoms with Gasteiger partial charge in [-0.05, 0) is 25.0 Å². The van der Waals surface area contributed by atoms with Crippen LogP contribution in [0.1, 0.15) is 39.1 Å². The summed E-state index contributed by atoms with van der Waals surface area (Å²) in [5.41, 5.74) is 2.08. The van der Waals surface area contributed by atoms with E-state index >= 15 is 0 Å². The van der Waals surface area contributed by atoms with Crippen LogP contribution in [0.15, 0.2) is 18.2 Å². The van der Waals surface area contributed by atoms with Crippen LogP contribution >= 0.6 is 11.6 Å². The van der Waals surface area contributed by atoms with Gasteiger partial charge in [0.1, 0.15) is 11.6 Å². The standard InChI is InChI=1S/C15H21ClN2O/c1-5-10(2)11(3)18-14-7-6-12(19-4)8-13(14)17-15(18)9-16/h6-8,10-11H,5,9H2,1-4H3. The number of ether oxygens (including phenoxy) is 1. The quantitative estimate of drug-likeness (QED) is 0.760. The molecule has 0 amide bonds. The number of hydrogen-bond acceptors (Lipinski definition) is 2. The number of imidazole rings is 1. The van der Waals surface area contributed by atoms with Gasteiger partial charge in [0.05, 0.1) is 24.0 Å². The number of nitrogens with zero attached hydrogens (tertiary/aromatic N) is 2. The highest BCUT2D eigenvalue weighted by Gasteiger charge is 2.19. The molecule has 0 aliphatic carbocycles. The number of methoxy groups -OCH3 is 1. The first-order valence-corrected chi connectivity index (χ1v) is 7.26. The van der Waals surface area contributed by atoms with Crippen molar-refractivity contribution in [3.05, 3.63) is 24.0 Å². The molecule has 19 heavy (non-hydrogen) atoms. The summed E-state index contributed by atoms with van der Waals surface area (Å²) in [6.07, 6.45) is 1.14.